The fourth-order valence-electron chi connectivity index (χ4n) is 7.21. The van der Waals surface area contributed by atoms with E-state index in [4.69, 9.17) is 0 Å². The predicted molar refractivity (Wildman–Crippen MR) is 107 cm³/mol. The number of carbonyl (C=O) groups is 2. The summed E-state index contributed by atoms with van der Waals surface area (Å²) in [6.45, 7) is 4.50. The molecular formula is C21H29IO4. The van der Waals surface area contributed by atoms with E-state index in [1.807, 2.05) is 6.08 Å². The monoisotopic (exact) mass is 472 g/mol. The van der Waals surface area contributed by atoms with Gasteiger partial charge in [-0.3, -0.25) is 9.59 Å². The minimum atomic E-state index is -1.07. The Bertz CT molecular complexity index is 687. The summed E-state index contributed by atoms with van der Waals surface area (Å²) in [7, 11) is 0. The summed E-state index contributed by atoms with van der Waals surface area (Å²) in [5, 5.41) is 20.6. The zero-order valence-corrected chi connectivity index (χ0v) is 17.8. The molecule has 0 aliphatic heterocycles. The van der Waals surface area contributed by atoms with E-state index in [9.17, 15) is 19.8 Å². The molecule has 0 bridgehead atoms. The number of aliphatic carboxylic acids is 1. The standard InChI is InChI=1S/C21H29IO4/c1-19-6-3-12(23)9-16(19)17(22)10-13-14(19)4-7-20(2)15(13)5-8-21(20,26)11-18(24)25/h9,13-15,17,26H,3-8,10-11H2,1-2H3,(H,24,25)/t13-,14+,15+,17-,19-,20+,21-/m1/s1. The smallest absolute Gasteiger partial charge is 0.306 e. The summed E-state index contributed by atoms with van der Waals surface area (Å²) < 4.78 is 0.374. The van der Waals surface area contributed by atoms with E-state index in [1.165, 1.54) is 5.57 Å². The average molecular weight is 472 g/mol. The van der Waals surface area contributed by atoms with Crippen LogP contribution in [0.25, 0.3) is 0 Å². The first kappa shape index (κ1) is 18.9. The molecule has 26 heavy (non-hydrogen) atoms. The van der Waals surface area contributed by atoms with Crippen molar-refractivity contribution in [3.8, 4) is 0 Å². The van der Waals surface area contributed by atoms with Gasteiger partial charge in [-0.25, -0.2) is 0 Å². The number of carboxylic acids is 1. The van der Waals surface area contributed by atoms with Gasteiger partial charge in [0.15, 0.2) is 5.78 Å². The molecular weight excluding hydrogens is 443 g/mol. The molecule has 2 N–H and O–H groups in total. The Labute approximate surface area is 168 Å². The van der Waals surface area contributed by atoms with Gasteiger partial charge in [-0.15, -0.1) is 0 Å². The molecule has 4 nitrogen and oxygen atoms in total. The molecule has 144 valence electrons. The van der Waals surface area contributed by atoms with Gasteiger partial charge in [0.05, 0.1) is 12.0 Å². The Kier molecular flexibility index (Phi) is 4.39. The van der Waals surface area contributed by atoms with Crippen LogP contribution < -0.4 is 0 Å². The molecule has 0 aromatic rings. The van der Waals surface area contributed by atoms with Crippen molar-refractivity contribution < 1.29 is 19.8 Å². The highest BCUT2D eigenvalue weighted by molar-refractivity contribution is 14.1. The number of fused-ring (bicyclic) bond motifs is 5. The van der Waals surface area contributed by atoms with E-state index in [1.54, 1.807) is 0 Å². The van der Waals surface area contributed by atoms with Crippen molar-refractivity contribution in [2.24, 2.45) is 28.6 Å². The van der Waals surface area contributed by atoms with Gasteiger partial charge in [0.25, 0.3) is 0 Å². The topological polar surface area (TPSA) is 74.6 Å². The number of halogens is 1. The van der Waals surface area contributed by atoms with Gasteiger partial charge >= 0.3 is 5.97 Å². The number of hydrogen-bond donors (Lipinski definition) is 2. The van der Waals surface area contributed by atoms with E-state index < -0.39 is 11.6 Å². The lowest BCUT2D eigenvalue weighted by Crippen LogP contribution is -2.56. The van der Waals surface area contributed by atoms with Gasteiger partial charge in [0.2, 0.25) is 0 Å². The minimum absolute atomic E-state index is 0.0948. The van der Waals surface area contributed by atoms with Crippen LogP contribution in [0.3, 0.4) is 0 Å². The lowest BCUT2D eigenvalue weighted by molar-refractivity contribution is -0.158. The Morgan fingerprint density at radius 3 is 2.62 bits per heavy atom. The lowest BCUT2D eigenvalue weighted by atomic mass is 9.46. The summed E-state index contributed by atoms with van der Waals surface area (Å²) >= 11 is 2.51. The molecule has 0 aromatic carbocycles. The van der Waals surface area contributed by atoms with Gasteiger partial charge in [-0.1, -0.05) is 36.4 Å². The molecule has 4 aliphatic rings. The second-order valence-electron chi connectivity index (χ2n) is 9.66. The predicted octanol–water partition coefficient (Wildman–Crippen LogP) is 4.14. The Hall–Kier alpha value is -0.430. The first-order valence-corrected chi connectivity index (χ1v) is 11.2. The number of rotatable bonds is 2. The fraction of sp³-hybridized carbons (Fsp3) is 0.810. The maximum absolute atomic E-state index is 12.0. The molecule has 0 aromatic heterocycles. The second kappa shape index (κ2) is 6.03. The van der Waals surface area contributed by atoms with Crippen molar-refractivity contribution in [2.75, 3.05) is 0 Å². The molecule has 0 spiro atoms. The number of ketones is 1. The van der Waals surface area contributed by atoms with Crippen molar-refractivity contribution in [2.45, 2.75) is 74.7 Å². The van der Waals surface area contributed by atoms with Crippen molar-refractivity contribution in [3.63, 3.8) is 0 Å². The quantitative estimate of drug-likeness (QED) is 0.468. The van der Waals surface area contributed by atoms with Crippen LogP contribution in [0, 0.1) is 28.6 Å². The number of hydrogen-bond acceptors (Lipinski definition) is 3. The molecule has 0 amide bonds. The summed E-state index contributed by atoms with van der Waals surface area (Å²) in [5.41, 5.74) is 0.0649. The Morgan fingerprint density at radius 1 is 1.23 bits per heavy atom. The van der Waals surface area contributed by atoms with Gasteiger partial charge in [-0.2, -0.15) is 0 Å². The second-order valence-corrected chi connectivity index (χ2v) is 11.2. The largest absolute Gasteiger partial charge is 0.481 e. The van der Waals surface area contributed by atoms with Crippen LogP contribution in [-0.4, -0.2) is 31.5 Å². The Balaban J connectivity index is 1.69. The van der Waals surface area contributed by atoms with Crippen molar-refractivity contribution in [1.29, 1.82) is 0 Å². The lowest BCUT2D eigenvalue weighted by Gasteiger charge is -2.60. The summed E-state index contributed by atoms with van der Waals surface area (Å²) in [4.78, 5) is 23.4. The highest BCUT2D eigenvalue weighted by atomic mass is 127. The van der Waals surface area contributed by atoms with E-state index in [-0.39, 0.29) is 23.0 Å². The molecule has 7 atom stereocenters. The zero-order valence-electron chi connectivity index (χ0n) is 15.6. The number of aliphatic hydroxyl groups is 1. The minimum Gasteiger partial charge on any atom is -0.481 e. The molecule has 0 heterocycles. The number of carbonyl (C=O) groups excluding carboxylic acids is 1. The van der Waals surface area contributed by atoms with E-state index in [0.717, 1.165) is 32.1 Å². The van der Waals surface area contributed by atoms with E-state index in [0.29, 0.717) is 34.5 Å². The van der Waals surface area contributed by atoms with Gasteiger partial charge in [0.1, 0.15) is 0 Å². The van der Waals surface area contributed by atoms with Gasteiger partial charge in [-0.05, 0) is 78.8 Å². The summed E-state index contributed by atoms with van der Waals surface area (Å²) in [6, 6.07) is 0. The first-order chi connectivity index (χ1) is 12.1. The molecule has 4 rings (SSSR count). The highest BCUT2D eigenvalue weighted by Crippen LogP contribution is 2.68. The number of allylic oxidation sites excluding steroid dienone is 1. The van der Waals surface area contributed by atoms with E-state index >= 15 is 0 Å². The molecule has 0 radical (unpaired) electrons. The van der Waals surface area contributed by atoms with E-state index in [2.05, 4.69) is 36.4 Å². The maximum atomic E-state index is 12.0. The summed E-state index contributed by atoms with van der Waals surface area (Å²) in [6.07, 6.45) is 7.91. The maximum Gasteiger partial charge on any atom is 0.306 e. The third-order valence-corrected chi connectivity index (χ3v) is 9.88. The first-order valence-electron chi connectivity index (χ1n) is 9.94. The van der Waals surface area contributed by atoms with Crippen LogP contribution in [0.4, 0.5) is 0 Å². The van der Waals surface area contributed by atoms with Crippen LogP contribution in [-0.2, 0) is 9.59 Å². The normalized spacial score (nSPS) is 50.5. The zero-order chi connectivity index (χ0) is 18.9. The third kappa shape index (κ3) is 2.48. The Morgan fingerprint density at radius 2 is 1.92 bits per heavy atom. The van der Waals surface area contributed by atoms with Crippen molar-refractivity contribution >= 4 is 34.3 Å². The molecule has 4 aliphatic carbocycles. The van der Waals surface area contributed by atoms with Crippen LogP contribution >= 0.6 is 22.6 Å². The van der Waals surface area contributed by atoms with Gasteiger partial charge < -0.3 is 10.2 Å². The van der Waals surface area contributed by atoms with Crippen LogP contribution in [0.2, 0.25) is 0 Å². The van der Waals surface area contributed by atoms with Crippen molar-refractivity contribution in [1.82, 2.24) is 0 Å². The number of carboxylic acid groups (broad SMARTS) is 1. The molecule has 0 saturated heterocycles. The molecule has 3 fully saturated rings. The van der Waals surface area contributed by atoms with Crippen LogP contribution in [0.5, 0.6) is 0 Å². The van der Waals surface area contributed by atoms with Crippen molar-refractivity contribution in [3.05, 3.63) is 11.6 Å². The fourth-order valence-corrected chi connectivity index (χ4v) is 8.69. The third-order valence-electron chi connectivity index (χ3n) is 8.70. The summed E-state index contributed by atoms with van der Waals surface area (Å²) in [5.74, 6) is 0.843. The SMILES string of the molecule is C[C@]12CCC(=O)C=C1[C@H](I)C[C@@H]1[C@@H]2CC[C@@]2(C)[C@H]1CC[C@@]2(O)CC(=O)O. The molecule has 3 saturated carbocycles. The molecule has 5 heteroatoms. The molecule has 0 unspecified atom stereocenters. The number of alkyl halides is 1. The average Bonchev–Trinajstić information content (AvgIpc) is 2.80. The van der Waals surface area contributed by atoms with Crippen LogP contribution in [0.1, 0.15) is 65.2 Å². The van der Waals surface area contributed by atoms with Crippen LogP contribution in [0.15, 0.2) is 11.6 Å². The van der Waals surface area contributed by atoms with Gasteiger partial charge in [0, 0.05) is 10.3 Å². The highest BCUT2D eigenvalue weighted by Gasteiger charge is 2.65.